The number of rotatable bonds is 8. The van der Waals surface area contributed by atoms with Gasteiger partial charge >= 0.3 is 0 Å². The molecule has 0 saturated carbocycles. The Kier molecular flexibility index (Phi) is 8.73. The van der Waals surface area contributed by atoms with Gasteiger partial charge in [-0.05, 0) is 53.8 Å². The number of aromatic nitrogens is 1. The second kappa shape index (κ2) is 13.1. The smallest absolute Gasteiger partial charge is 0.255 e. The number of fused-ring (bicyclic) bond motifs is 2. The van der Waals surface area contributed by atoms with E-state index in [1.165, 1.54) is 4.90 Å². The lowest BCUT2D eigenvalue weighted by atomic mass is 10.0. The predicted molar refractivity (Wildman–Crippen MR) is 174 cm³/mol. The summed E-state index contributed by atoms with van der Waals surface area (Å²) in [4.78, 5) is 60.9. The summed E-state index contributed by atoms with van der Waals surface area (Å²) >= 11 is 0. The second-order valence-electron chi connectivity index (χ2n) is 13.1. The molecule has 2 aromatic carbocycles. The normalized spacial score (nSPS) is 23.2. The van der Waals surface area contributed by atoms with Crippen molar-refractivity contribution < 1.29 is 33.0 Å². The van der Waals surface area contributed by atoms with Gasteiger partial charge in [0.05, 0.1) is 12.3 Å². The highest BCUT2D eigenvalue weighted by Crippen LogP contribution is 2.33. The van der Waals surface area contributed by atoms with Crippen molar-refractivity contribution in [1.82, 2.24) is 25.0 Å². The molecule has 12 nitrogen and oxygen atoms in total. The molecule has 1 aromatic heterocycles. The first-order valence-corrected chi connectivity index (χ1v) is 16.4. The van der Waals surface area contributed by atoms with E-state index in [0.29, 0.717) is 81.2 Å². The topological polar surface area (TPSA) is 125 Å². The molecular formula is C35H39FN6O6. The molecule has 0 unspecified atom stereocenters. The Morgan fingerprint density at radius 2 is 1.85 bits per heavy atom. The van der Waals surface area contributed by atoms with E-state index >= 15 is 4.39 Å². The van der Waals surface area contributed by atoms with Gasteiger partial charge in [-0.2, -0.15) is 4.39 Å². The summed E-state index contributed by atoms with van der Waals surface area (Å²) in [5.74, 6) is -0.750. The number of halogens is 1. The maximum absolute atomic E-state index is 15.4. The minimum absolute atomic E-state index is 0.0567. The Hall–Kier alpha value is -4.62. The predicted octanol–water partition coefficient (Wildman–Crippen LogP) is 2.33. The summed E-state index contributed by atoms with van der Waals surface area (Å²) < 4.78 is 27.4. The lowest BCUT2D eigenvalue weighted by Gasteiger charge is -2.35. The summed E-state index contributed by atoms with van der Waals surface area (Å²) in [6, 6.07) is 12.4. The Bertz CT molecular complexity index is 1780. The van der Waals surface area contributed by atoms with Gasteiger partial charge in [-0.25, -0.2) is 4.98 Å². The van der Waals surface area contributed by atoms with Crippen LogP contribution in [0.25, 0.3) is 10.8 Å². The zero-order valence-corrected chi connectivity index (χ0v) is 27.1. The molecule has 48 heavy (non-hydrogen) atoms. The van der Waals surface area contributed by atoms with E-state index < -0.39 is 17.9 Å². The SMILES string of the molecule is COC[C@@H]1CN(Cc2cc3ccc(N4CCN(C(C)=O)CC4)cc3c(F)n2)C[C@H]1Oc1ccc2c(c1)CN([C@H]1CCC(=O)NC1=O)C2=O. The van der Waals surface area contributed by atoms with Gasteiger partial charge in [0.25, 0.3) is 5.91 Å². The van der Waals surface area contributed by atoms with Crippen LogP contribution in [0.3, 0.4) is 0 Å². The highest BCUT2D eigenvalue weighted by Gasteiger charge is 2.40. The van der Waals surface area contributed by atoms with Crippen molar-refractivity contribution in [3.63, 3.8) is 0 Å². The van der Waals surface area contributed by atoms with Crippen LogP contribution in [0.2, 0.25) is 0 Å². The molecule has 252 valence electrons. The second-order valence-corrected chi connectivity index (χ2v) is 13.1. The number of carbonyl (C=O) groups is 4. The van der Waals surface area contributed by atoms with E-state index in [2.05, 4.69) is 20.1 Å². The number of nitrogens with zero attached hydrogens (tertiary/aromatic N) is 5. The Labute approximate surface area is 277 Å². The number of likely N-dealkylation sites (tertiary alicyclic amines) is 1. The monoisotopic (exact) mass is 658 g/mol. The number of piperidine rings is 1. The number of imide groups is 1. The van der Waals surface area contributed by atoms with E-state index in [4.69, 9.17) is 9.47 Å². The first kappa shape index (κ1) is 32.0. The molecule has 0 radical (unpaired) electrons. The van der Waals surface area contributed by atoms with Crippen LogP contribution in [0, 0.1) is 11.9 Å². The van der Waals surface area contributed by atoms with Crippen LogP contribution in [0.5, 0.6) is 5.75 Å². The molecule has 0 spiro atoms. The first-order valence-electron chi connectivity index (χ1n) is 16.4. The number of hydrogen-bond acceptors (Lipinski definition) is 9. The first-order chi connectivity index (χ1) is 23.2. The van der Waals surface area contributed by atoms with Crippen molar-refractivity contribution in [3.05, 3.63) is 65.2 Å². The average Bonchev–Trinajstić information content (AvgIpc) is 3.59. The quantitative estimate of drug-likeness (QED) is 0.287. The highest BCUT2D eigenvalue weighted by atomic mass is 19.1. The minimum Gasteiger partial charge on any atom is -0.489 e. The number of amides is 4. The Morgan fingerprint density at radius 1 is 1.04 bits per heavy atom. The molecule has 3 saturated heterocycles. The number of ether oxygens (including phenoxy) is 2. The Balaban J connectivity index is 1.01. The molecular weight excluding hydrogens is 619 g/mol. The summed E-state index contributed by atoms with van der Waals surface area (Å²) in [5.41, 5.74) is 2.85. The third-order valence-corrected chi connectivity index (χ3v) is 9.92. The van der Waals surface area contributed by atoms with Crippen LogP contribution in [0.4, 0.5) is 10.1 Å². The maximum atomic E-state index is 15.4. The largest absolute Gasteiger partial charge is 0.489 e. The lowest BCUT2D eigenvalue weighted by Crippen LogP contribution is -2.52. The fraction of sp³-hybridized carbons (Fsp3) is 0.457. The zero-order chi connectivity index (χ0) is 33.5. The van der Waals surface area contributed by atoms with Gasteiger partial charge in [-0.1, -0.05) is 6.07 Å². The summed E-state index contributed by atoms with van der Waals surface area (Å²) in [7, 11) is 1.65. The Morgan fingerprint density at radius 3 is 2.60 bits per heavy atom. The number of carbonyl (C=O) groups excluding carboxylic acids is 4. The molecule has 3 aromatic rings. The molecule has 0 aliphatic carbocycles. The third-order valence-electron chi connectivity index (χ3n) is 9.92. The van der Waals surface area contributed by atoms with Gasteiger partial charge in [0.15, 0.2) is 0 Å². The molecule has 0 bridgehead atoms. The fourth-order valence-electron chi connectivity index (χ4n) is 7.40. The van der Waals surface area contributed by atoms with Crippen LogP contribution < -0.4 is 15.0 Å². The van der Waals surface area contributed by atoms with Crippen LogP contribution in [-0.4, -0.2) is 108 Å². The zero-order valence-electron chi connectivity index (χ0n) is 27.1. The van der Waals surface area contributed by atoms with Crippen molar-refractivity contribution >= 4 is 40.1 Å². The van der Waals surface area contributed by atoms with Crippen LogP contribution in [0.1, 0.15) is 41.4 Å². The van der Waals surface area contributed by atoms with Crippen molar-refractivity contribution in [2.75, 3.05) is 57.9 Å². The number of nitrogens with one attached hydrogen (secondary N) is 1. The number of anilines is 1. The van der Waals surface area contributed by atoms with E-state index in [1.54, 1.807) is 26.2 Å². The van der Waals surface area contributed by atoms with Gasteiger partial charge in [0.1, 0.15) is 17.9 Å². The number of piperazine rings is 1. The van der Waals surface area contributed by atoms with Gasteiger partial charge in [-0.15, -0.1) is 0 Å². The number of hydrogen-bond donors (Lipinski definition) is 1. The van der Waals surface area contributed by atoms with E-state index in [-0.39, 0.29) is 42.7 Å². The van der Waals surface area contributed by atoms with Gasteiger partial charge in [0, 0.05) is 95.4 Å². The summed E-state index contributed by atoms with van der Waals surface area (Å²) in [6.07, 6.45) is 0.304. The number of pyridine rings is 1. The van der Waals surface area contributed by atoms with Crippen molar-refractivity contribution in [3.8, 4) is 5.75 Å². The molecule has 3 fully saturated rings. The average molecular weight is 659 g/mol. The lowest BCUT2D eigenvalue weighted by molar-refractivity contribution is -0.137. The fourth-order valence-corrected chi connectivity index (χ4v) is 7.40. The molecule has 4 aliphatic rings. The van der Waals surface area contributed by atoms with Gasteiger partial charge in [-0.3, -0.25) is 29.4 Å². The molecule has 4 amide bonds. The summed E-state index contributed by atoms with van der Waals surface area (Å²) in [5, 5.41) is 3.58. The maximum Gasteiger partial charge on any atom is 0.255 e. The molecule has 4 aliphatic heterocycles. The minimum atomic E-state index is -0.674. The van der Waals surface area contributed by atoms with Crippen LogP contribution >= 0.6 is 0 Å². The molecule has 5 heterocycles. The van der Waals surface area contributed by atoms with Crippen molar-refractivity contribution in [2.24, 2.45) is 5.92 Å². The molecule has 7 rings (SSSR count). The van der Waals surface area contributed by atoms with Crippen LogP contribution in [0.15, 0.2) is 42.5 Å². The van der Waals surface area contributed by atoms with Gasteiger partial charge < -0.3 is 24.2 Å². The third kappa shape index (κ3) is 6.31. The van der Waals surface area contributed by atoms with E-state index in [1.807, 2.05) is 35.2 Å². The van der Waals surface area contributed by atoms with E-state index in [9.17, 15) is 19.2 Å². The highest BCUT2D eigenvalue weighted by molar-refractivity contribution is 6.05. The van der Waals surface area contributed by atoms with Gasteiger partial charge in [0.2, 0.25) is 23.7 Å². The van der Waals surface area contributed by atoms with Crippen molar-refractivity contribution in [1.29, 1.82) is 0 Å². The van der Waals surface area contributed by atoms with Crippen LogP contribution in [-0.2, 0) is 32.2 Å². The molecule has 3 atom stereocenters. The number of benzene rings is 2. The standard InChI is InChI=1S/C35H39FN6O6/c1-21(43)40-9-11-41(12-10-40)26-4-3-22-13-25(37-33(36)29(22)15-26)18-39-16-24(20-47-2)31(19-39)48-27-5-6-28-23(14-27)17-42(35(28)46)30-7-8-32(44)38-34(30)45/h3-6,13-15,24,30-31H,7-12,16-20H2,1-2H3,(H,38,44,45)/t24-,30-,31+/m0/s1. The molecule has 13 heteroatoms. The van der Waals surface area contributed by atoms with Crippen molar-refractivity contribution in [2.45, 2.75) is 45.0 Å². The molecule has 1 N–H and O–H groups in total. The summed E-state index contributed by atoms with van der Waals surface area (Å²) in [6.45, 7) is 6.73. The number of methoxy groups -OCH3 is 1. The van der Waals surface area contributed by atoms with E-state index in [0.717, 1.165) is 16.6 Å².